The lowest BCUT2D eigenvalue weighted by Crippen LogP contribution is -2.28. The summed E-state index contributed by atoms with van der Waals surface area (Å²) in [5.41, 5.74) is 1.31. The average molecular weight is 236 g/mol. The van der Waals surface area contributed by atoms with Crippen molar-refractivity contribution in [3.63, 3.8) is 0 Å². The Balaban J connectivity index is 2.68. The predicted molar refractivity (Wildman–Crippen MR) is 67.0 cm³/mol. The van der Waals surface area contributed by atoms with Gasteiger partial charge >= 0.3 is 5.97 Å². The fourth-order valence-corrected chi connectivity index (χ4v) is 1.87. The van der Waals surface area contributed by atoms with Gasteiger partial charge in [0.2, 0.25) is 0 Å². The van der Waals surface area contributed by atoms with Crippen LogP contribution in [0.25, 0.3) is 0 Å². The second-order valence-corrected chi connectivity index (χ2v) is 5.59. The number of carbonyl (C=O) groups is 1. The number of rotatable bonds is 4. The minimum absolute atomic E-state index is 0.103. The third kappa shape index (κ3) is 4.95. The van der Waals surface area contributed by atoms with E-state index in [9.17, 15) is 4.79 Å². The number of aromatic carboxylic acids is 1. The molecule has 1 aromatic heterocycles. The van der Waals surface area contributed by atoms with Crippen molar-refractivity contribution in [1.82, 2.24) is 9.88 Å². The van der Waals surface area contributed by atoms with E-state index in [1.807, 2.05) is 13.1 Å². The fourth-order valence-electron chi connectivity index (χ4n) is 1.87. The number of hydrogen-bond donors (Lipinski definition) is 1. The highest BCUT2D eigenvalue weighted by Crippen LogP contribution is 2.15. The molecule has 0 unspecified atom stereocenters. The van der Waals surface area contributed by atoms with E-state index >= 15 is 0 Å². The van der Waals surface area contributed by atoms with Gasteiger partial charge in [0.1, 0.15) is 5.69 Å². The molecule has 0 fully saturated rings. The van der Waals surface area contributed by atoms with Gasteiger partial charge in [-0.3, -0.25) is 0 Å². The van der Waals surface area contributed by atoms with Gasteiger partial charge in [-0.15, -0.1) is 0 Å². The molecule has 0 amide bonds. The van der Waals surface area contributed by atoms with Crippen molar-refractivity contribution >= 4 is 5.97 Å². The second kappa shape index (κ2) is 5.27. The number of nitrogens with zero attached hydrogens (tertiary/aromatic N) is 2. The summed E-state index contributed by atoms with van der Waals surface area (Å²) in [6.45, 7) is 8.23. The maximum Gasteiger partial charge on any atom is 0.354 e. The SMILES string of the molecule is CN(Cc1ccnc(C(=O)O)c1)CC(C)(C)C. The molecule has 0 saturated heterocycles. The van der Waals surface area contributed by atoms with Crippen molar-refractivity contribution in [2.75, 3.05) is 13.6 Å². The number of pyridine rings is 1. The Labute approximate surface area is 102 Å². The Morgan fingerprint density at radius 1 is 1.47 bits per heavy atom. The van der Waals surface area contributed by atoms with Crippen LogP contribution in [0.4, 0.5) is 0 Å². The molecule has 17 heavy (non-hydrogen) atoms. The van der Waals surface area contributed by atoms with Crippen LogP contribution in [0.1, 0.15) is 36.8 Å². The van der Waals surface area contributed by atoms with Crippen LogP contribution in [-0.4, -0.2) is 34.6 Å². The van der Waals surface area contributed by atoms with Gasteiger partial charge in [-0.05, 0) is 30.2 Å². The summed E-state index contributed by atoms with van der Waals surface area (Å²) < 4.78 is 0. The summed E-state index contributed by atoms with van der Waals surface area (Å²) in [5, 5.41) is 8.85. The van der Waals surface area contributed by atoms with E-state index in [1.54, 1.807) is 12.3 Å². The number of aromatic nitrogens is 1. The predicted octanol–water partition coefficient (Wildman–Crippen LogP) is 2.26. The first kappa shape index (κ1) is 13.6. The molecule has 1 N–H and O–H groups in total. The van der Waals surface area contributed by atoms with E-state index in [0.29, 0.717) is 0 Å². The van der Waals surface area contributed by atoms with E-state index in [-0.39, 0.29) is 11.1 Å². The fraction of sp³-hybridized carbons (Fsp3) is 0.538. The summed E-state index contributed by atoms with van der Waals surface area (Å²) in [4.78, 5) is 16.8. The van der Waals surface area contributed by atoms with Crippen molar-refractivity contribution in [2.45, 2.75) is 27.3 Å². The molecule has 1 rings (SSSR count). The van der Waals surface area contributed by atoms with Crippen LogP contribution in [-0.2, 0) is 6.54 Å². The molecular formula is C13H20N2O2. The van der Waals surface area contributed by atoms with E-state index < -0.39 is 5.97 Å². The summed E-state index contributed by atoms with van der Waals surface area (Å²) >= 11 is 0. The molecule has 0 bridgehead atoms. The Bertz CT molecular complexity index is 397. The highest BCUT2D eigenvalue weighted by Gasteiger charge is 2.14. The summed E-state index contributed by atoms with van der Waals surface area (Å²) in [7, 11) is 2.03. The van der Waals surface area contributed by atoms with Crippen LogP contribution in [0.2, 0.25) is 0 Å². The quantitative estimate of drug-likeness (QED) is 0.871. The molecule has 1 heterocycles. The molecular weight excluding hydrogens is 216 g/mol. The van der Waals surface area contributed by atoms with E-state index in [0.717, 1.165) is 18.7 Å². The maximum absolute atomic E-state index is 10.8. The molecule has 1 aromatic rings. The highest BCUT2D eigenvalue weighted by atomic mass is 16.4. The van der Waals surface area contributed by atoms with Gasteiger partial charge in [0.15, 0.2) is 0 Å². The van der Waals surface area contributed by atoms with Gasteiger partial charge in [0, 0.05) is 19.3 Å². The Morgan fingerprint density at radius 2 is 2.12 bits per heavy atom. The molecule has 0 radical (unpaired) electrons. The van der Waals surface area contributed by atoms with Crippen molar-refractivity contribution < 1.29 is 9.90 Å². The second-order valence-electron chi connectivity index (χ2n) is 5.59. The van der Waals surface area contributed by atoms with E-state index in [2.05, 4.69) is 30.7 Å². The molecule has 0 saturated carbocycles. The van der Waals surface area contributed by atoms with Gasteiger partial charge in [0.05, 0.1) is 0 Å². The maximum atomic E-state index is 10.8. The van der Waals surface area contributed by atoms with Crippen molar-refractivity contribution in [3.05, 3.63) is 29.6 Å². The van der Waals surface area contributed by atoms with Gasteiger partial charge < -0.3 is 10.0 Å². The van der Waals surface area contributed by atoms with Crippen LogP contribution in [0.5, 0.6) is 0 Å². The van der Waals surface area contributed by atoms with Gasteiger partial charge in [-0.1, -0.05) is 20.8 Å². The van der Waals surface area contributed by atoms with Crippen molar-refractivity contribution in [2.24, 2.45) is 5.41 Å². The Morgan fingerprint density at radius 3 is 2.65 bits per heavy atom. The minimum Gasteiger partial charge on any atom is -0.477 e. The lowest BCUT2D eigenvalue weighted by molar-refractivity contribution is 0.0690. The summed E-state index contributed by atoms with van der Waals surface area (Å²) in [6, 6.07) is 3.48. The van der Waals surface area contributed by atoms with E-state index in [1.165, 1.54) is 0 Å². The van der Waals surface area contributed by atoms with Gasteiger partial charge in [0.25, 0.3) is 0 Å². The van der Waals surface area contributed by atoms with Gasteiger partial charge in [-0.25, -0.2) is 9.78 Å². The van der Waals surface area contributed by atoms with Crippen LogP contribution in [0, 0.1) is 5.41 Å². The molecule has 0 spiro atoms. The summed E-state index contributed by atoms with van der Waals surface area (Å²) in [5.74, 6) is -0.981. The first-order valence-electron chi connectivity index (χ1n) is 5.65. The van der Waals surface area contributed by atoms with Crippen molar-refractivity contribution in [1.29, 1.82) is 0 Å². The van der Waals surface area contributed by atoms with Crippen LogP contribution in [0.3, 0.4) is 0 Å². The van der Waals surface area contributed by atoms with Crippen LogP contribution < -0.4 is 0 Å². The Kier molecular flexibility index (Phi) is 4.23. The lowest BCUT2D eigenvalue weighted by atomic mass is 9.96. The first-order chi connectivity index (χ1) is 7.78. The molecule has 94 valence electrons. The van der Waals surface area contributed by atoms with Crippen LogP contribution >= 0.6 is 0 Å². The number of hydrogen-bond acceptors (Lipinski definition) is 3. The Hall–Kier alpha value is -1.42. The highest BCUT2D eigenvalue weighted by molar-refractivity contribution is 5.85. The first-order valence-corrected chi connectivity index (χ1v) is 5.65. The summed E-state index contributed by atoms with van der Waals surface area (Å²) in [6.07, 6.45) is 1.55. The molecule has 0 aliphatic heterocycles. The number of carboxylic acids is 1. The monoisotopic (exact) mass is 236 g/mol. The lowest BCUT2D eigenvalue weighted by Gasteiger charge is -2.26. The standard InChI is InChI=1S/C13H20N2O2/c1-13(2,3)9-15(4)8-10-5-6-14-11(7-10)12(16)17/h5-7H,8-9H2,1-4H3,(H,16,17). The normalized spacial score (nSPS) is 11.8. The molecule has 0 aliphatic rings. The third-order valence-electron chi connectivity index (χ3n) is 2.24. The van der Waals surface area contributed by atoms with Crippen molar-refractivity contribution in [3.8, 4) is 0 Å². The topological polar surface area (TPSA) is 53.4 Å². The third-order valence-corrected chi connectivity index (χ3v) is 2.24. The molecule has 0 aromatic carbocycles. The zero-order valence-electron chi connectivity index (χ0n) is 10.9. The molecule has 0 atom stereocenters. The smallest absolute Gasteiger partial charge is 0.354 e. The zero-order chi connectivity index (χ0) is 13.1. The number of carboxylic acid groups (broad SMARTS) is 1. The zero-order valence-corrected chi connectivity index (χ0v) is 10.9. The minimum atomic E-state index is -0.981. The van der Waals surface area contributed by atoms with E-state index in [4.69, 9.17) is 5.11 Å². The van der Waals surface area contributed by atoms with Gasteiger partial charge in [-0.2, -0.15) is 0 Å². The molecule has 4 heteroatoms. The molecule has 0 aliphatic carbocycles. The molecule has 4 nitrogen and oxygen atoms in total. The largest absolute Gasteiger partial charge is 0.477 e. The van der Waals surface area contributed by atoms with Crippen LogP contribution in [0.15, 0.2) is 18.3 Å². The average Bonchev–Trinajstić information content (AvgIpc) is 2.14.